The van der Waals surface area contributed by atoms with Gasteiger partial charge in [0.25, 0.3) is 0 Å². The van der Waals surface area contributed by atoms with E-state index in [4.69, 9.17) is 0 Å². The molecule has 0 spiro atoms. The minimum absolute atomic E-state index is 0.915. The number of rotatable bonds is 3. The summed E-state index contributed by atoms with van der Waals surface area (Å²) >= 11 is 1.77. The van der Waals surface area contributed by atoms with E-state index in [1.807, 2.05) is 18.3 Å². The van der Waals surface area contributed by atoms with Crippen LogP contribution < -0.4 is 0 Å². The average molecular weight is 251 g/mol. The minimum atomic E-state index is 0.915. The Hall–Kier alpha value is -1.93. The Bertz CT molecular complexity index is 614. The highest BCUT2D eigenvalue weighted by Crippen LogP contribution is 2.26. The van der Waals surface area contributed by atoms with Crippen molar-refractivity contribution in [2.75, 3.05) is 0 Å². The van der Waals surface area contributed by atoms with Gasteiger partial charge in [-0.25, -0.2) is 4.98 Å². The fourth-order valence-corrected chi connectivity index (χ4v) is 2.86. The minimum Gasteiger partial charge on any atom is -0.249 e. The molecular weight excluding hydrogens is 238 g/mol. The Morgan fingerprint density at radius 3 is 2.22 bits per heavy atom. The molecule has 0 atom stereocenters. The molecular formula is C16H13NS. The zero-order valence-corrected chi connectivity index (χ0v) is 10.7. The van der Waals surface area contributed by atoms with E-state index in [1.165, 1.54) is 21.0 Å². The van der Waals surface area contributed by atoms with Crippen LogP contribution in [0.15, 0.2) is 66.9 Å². The van der Waals surface area contributed by atoms with Crippen molar-refractivity contribution in [1.29, 1.82) is 0 Å². The summed E-state index contributed by atoms with van der Waals surface area (Å²) in [6.45, 7) is 0. The smallest absolute Gasteiger partial charge is 0.0975 e. The van der Waals surface area contributed by atoms with Crippen molar-refractivity contribution >= 4 is 11.3 Å². The molecule has 0 fully saturated rings. The van der Waals surface area contributed by atoms with E-state index in [2.05, 4.69) is 53.5 Å². The van der Waals surface area contributed by atoms with E-state index in [9.17, 15) is 0 Å². The molecule has 2 heteroatoms. The number of thiazole rings is 1. The number of nitrogens with zero attached hydrogens (tertiary/aromatic N) is 1. The topological polar surface area (TPSA) is 12.9 Å². The summed E-state index contributed by atoms with van der Waals surface area (Å²) in [6, 6.07) is 20.9. The first kappa shape index (κ1) is 11.2. The van der Waals surface area contributed by atoms with Gasteiger partial charge in [-0.1, -0.05) is 60.7 Å². The van der Waals surface area contributed by atoms with Gasteiger partial charge in [0.15, 0.2) is 0 Å². The van der Waals surface area contributed by atoms with Crippen LogP contribution in [0.2, 0.25) is 0 Å². The third kappa shape index (κ3) is 2.49. The predicted octanol–water partition coefficient (Wildman–Crippen LogP) is 4.40. The monoisotopic (exact) mass is 251 g/mol. The molecule has 0 unspecified atom stereocenters. The van der Waals surface area contributed by atoms with E-state index < -0.39 is 0 Å². The van der Waals surface area contributed by atoms with Crippen molar-refractivity contribution in [2.24, 2.45) is 0 Å². The molecule has 0 amide bonds. The Balaban J connectivity index is 1.82. The highest BCUT2D eigenvalue weighted by atomic mass is 32.1. The molecule has 2 aromatic carbocycles. The van der Waals surface area contributed by atoms with Crippen molar-refractivity contribution in [3.63, 3.8) is 0 Å². The van der Waals surface area contributed by atoms with E-state index in [-0.39, 0.29) is 0 Å². The maximum absolute atomic E-state index is 4.51. The lowest BCUT2D eigenvalue weighted by Crippen LogP contribution is -1.84. The summed E-state index contributed by atoms with van der Waals surface area (Å²) in [5.41, 5.74) is 2.56. The number of aromatic nitrogens is 1. The largest absolute Gasteiger partial charge is 0.249 e. The van der Waals surface area contributed by atoms with Gasteiger partial charge < -0.3 is 0 Å². The summed E-state index contributed by atoms with van der Waals surface area (Å²) in [5, 5.41) is 1.17. The van der Waals surface area contributed by atoms with Crippen LogP contribution in [0.4, 0.5) is 0 Å². The maximum Gasteiger partial charge on any atom is 0.0975 e. The molecule has 88 valence electrons. The molecule has 0 N–H and O–H groups in total. The molecule has 0 bridgehead atoms. The summed E-state index contributed by atoms with van der Waals surface area (Å²) in [6.07, 6.45) is 2.89. The summed E-state index contributed by atoms with van der Waals surface area (Å²) in [7, 11) is 0. The van der Waals surface area contributed by atoms with Gasteiger partial charge >= 0.3 is 0 Å². The number of hydrogen-bond acceptors (Lipinski definition) is 2. The molecule has 0 aliphatic carbocycles. The molecule has 1 aromatic heterocycles. The van der Waals surface area contributed by atoms with Crippen LogP contribution in [0.5, 0.6) is 0 Å². The van der Waals surface area contributed by atoms with Gasteiger partial charge in [0, 0.05) is 12.6 Å². The summed E-state index contributed by atoms with van der Waals surface area (Å²) in [4.78, 5) is 5.74. The quantitative estimate of drug-likeness (QED) is 0.672. The molecule has 0 radical (unpaired) electrons. The molecule has 3 aromatic rings. The van der Waals surface area contributed by atoms with Crippen LogP contribution in [0.3, 0.4) is 0 Å². The van der Waals surface area contributed by atoms with Gasteiger partial charge in [-0.05, 0) is 11.1 Å². The third-order valence-corrected chi connectivity index (χ3v) is 3.86. The third-order valence-electron chi connectivity index (χ3n) is 2.81. The lowest BCUT2D eigenvalue weighted by molar-refractivity contribution is 1.14. The molecule has 1 nitrogen and oxygen atoms in total. The summed E-state index contributed by atoms with van der Waals surface area (Å²) < 4.78 is 0. The predicted molar refractivity (Wildman–Crippen MR) is 76.8 cm³/mol. The van der Waals surface area contributed by atoms with Crippen LogP contribution in [0, 0.1) is 0 Å². The number of hydrogen-bond donors (Lipinski definition) is 0. The van der Waals surface area contributed by atoms with Crippen LogP contribution in [0.25, 0.3) is 10.4 Å². The normalized spacial score (nSPS) is 10.4. The lowest BCUT2D eigenvalue weighted by Gasteiger charge is -1.96. The van der Waals surface area contributed by atoms with Gasteiger partial charge in [-0.2, -0.15) is 0 Å². The van der Waals surface area contributed by atoms with Gasteiger partial charge in [0.2, 0.25) is 0 Å². The van der Waals surface area contributed by atoms with Gasteiger partial charge in [-0.3, -0.25) is 0 Å². The SMILES string of the molecule is c1ccc(Cc2ncc(-c3ccccc3)s2)cc1. The molecule has 18 heavy (non-hydrogen) atoms. The highest BCUT2D eigenvalue weighted by molar-refractivity contribution is 7.15. The Labute approximate surface area is 111 Å². The van der Waals surface area contributed by atoms with Crippen molar-refractivity contribution in [2.45, 2.75) is 6.42 Å². The zero-order valence-electron chi connectivity index (χ0n) is 9.91. The first-order valence-electron chi connectivity index (χ1n) is 5.96. The highest BCUT2D eigenvalue weighted by Gasteiger charge is 2.04. The van der Waals surface area contributed by atoms with Gasteiger partial charge in [0.05, 0.1) is 9.88 Å². The van der Waals surface area contributed by atoms with Gasteiger partial charge in [0.1, 0.15) is 0 Å². The Morgan fingerprint density at radius 2 is 1.50 bits per heavy atom. The molecule has 0 aliphatic heterocycles. The molecule has 3 rings (SSSR count). The van der Waals surface area contributed by atoms with Crippen LogP contribution >= 0.6 is 11.3 Å². The molecule has 0 saturated carbocycles. The van der Waals surface area contributed by atoms with Crippen LogP contribution in [-0.4, -0.2) is 4.98 Å². The molecule has 0 aliphatic rings. The van der Waals surface area contributed by atoms with E-state index in [0.29, 0.717) is 0 Å². The zero-order chi connectivity index (χ0) is 12.2. The molecule has 1 heterocycles. The lowest BCUT2D eigenvalue weighted by atomic mass is 10.2. The second-order valence-electron chi connectivity index (χ2n) is 4.15. The first-order valence-corrected chi connectivity index (χ1v) is 6.77. The van der Waals surface area contributed by atoms with Crippen molar-refractivity contribution in [3.8, 4) is 10.4 Å². The number of benzene rings is 2. The van der Waals surface area contributed by atoms with Crippen LogP contribution in [-0.2, 0) is 6.42 Å². The van der Waals surface area contributed by atoms with Crippen LogP contribution in [0.1, 0.15) is 10.6 Å². The van der Waals surface area contributed by atoms with Gasteiger partial charge in [-0.15, -0.1) is 11.3 Å². The van der Waals surface area contributed by atoms with E-state index in [1.54, 1.807) is 11.3 Å². The second kappa shape index (κ2) is 5.15. The van der Waals surface area contributed by atoms with Crippen molar-refractivity contribution in [1.82, 2.24) is 4.98 Å². The van der Waals surface area contributed by atoms with Crippen molar-refractivity contribution < 1.29 is 0 Å². The standard InChI is InChI=1S/C16H13NS/c1-3-7-13(8-4-1)11-16-17-12-15(18-16)14-9-5-2-6-10-14/h1-10,12H,11H2. The Kier molecular flexibility index (Phi) is 3.20. The Morgan fingerprint density at radius 1 is 0.833 bits per heavy atom. The fraction of sp³-hybridized carbons (Fsp3) is 0.0625. The second-order valence-corrected chi connectivity index (χ2v) is 5.26. The average Bonchev–Trinajstić information content (AvgIpc) is 2.89. The summed E-state index contributed by atoms with van der Waals surface area (Å²) in [5.74, 6) is 0. The first-order chi connectivity index (χ1) is 8.92. The fourth-order valence-electron chi connectivity index (χ4n) is 1.90. The molecule has 0 saturated heterocycles. The van der Waals surface area contributed by atoms with Crippen molar-refractivity contribution in [3.05, 3.63) is 77.4 Å². The van der Waals surface area contributed by atoms with E-state index >= 15 is 0 Å². The maximum atomic E-state index is 4.51. The van der Waals surface area contributed by atoms with E-state index in [0.717, 1.165) is 6.42 Å².